The number of nitrogens with zero attached hydrogens (tertiary/aromatic N) is 3. The second-order valence-electron chi connectivity index (χ2n) is 5.91. The Morgan fingerprint density at radius 1 is 1.13 bits per heavy atom. The number of aromatic nitrogens is 2. The fourth-order valence-corrected chi connectivity index (χ4v) is 2.76. The summed E-state index contributed by atoms with van der Waals surface area (Å²) >= 11 is 0. The number of anilines is 1. The number of morpholine rings is 1. The number of rotatable bonds is 6. The van der Waals surface area contributed by atoms with Crippen LogP contribution in [0.2, 0.25) is 0 Å². The molecule has 0 unspecified atom stereocenters. The van der Waals surface area contributed by atoms with E-state index in [1.165, 1.54) is 5.56 Å². The number of benzene rings is 1. The third-order valence-electron chi connectivity index (χ3n) is 4.09. The van der Waals surface area contributed by atoms with E-state index in [4.69, 9.17) is 4.74 Å². The standard InChI is InChI=1S/C18H24N4O/c1-15-13-17(14-16-5-3-2-4-6-16)20-21-18(15)19-7-8-22-9-11-23-12-10-22/h2-6,13H,7-12,14H2,1H3,(H,19,21). The molecular formula is C18H24N4O. The molecule has 5 nitrogen and oxygen atoms in total. The van der Waals surface area contributed by atoms with Crippen molar-refractivity contribution in [3.05, 3.63) is 53.2 Å². The van der Waals surface area contributed by atoms with Crippen LogP contribution in [0.5, 0.6) is 0 Å². The van der Waals surface area contributed by atoms with Gasteiger partial charge in [-0.3, -0.25) is 4.90 Å². The van der Waals surface area contributed by atoms with Crippen LogP contribution in [-0.4, -0.2) is 54.5 Å². The molecule has 1 aliphatic rings. The van der Waals surface area contributed by atoms with Crippen molar-refractivity contribution in [1.29, 1.82) is 0 Å². The Bertz CT molecular complexity index is 612. The van der Waals surface area contributed by atoms with Crippen LogP contribution in [0, 0.1) is 6.92 Å². The SMILES string of the molecule is Cc1cc(Cc2ccccc2)nnc1NCCN1CCOCC1. The fourth-order valence-electron chi connectivity index (χ4n) is 2.76. The van der Waals surface area contributed by atoms with Gasteiger partial charge in [0.1, 0.15) is 0 Å². The Hall–Kier alpha value is -1.98. The first-order chi connectivity index (χ1) is 11.3. The average molecular weight is 312 g/mol. The minimum Gasteiger partial charge on any atom is -0.379 e. The van der Waals surface area contributed by atoms with Crippen LogP contribution in [0.15, 0.2) is 36.4 Å². The van der Waals surface area contributed by atoms with Crippen LogP contribution in [0.3, 0.4) is 0 Å². The zero-order valence-corrected chi connectivity index (χ0v) is 13.7. The predicted molar refractivity (Wildman–Crippen MR) is 91.8 cm³/mol. The smallest absolute Gasteiger partial charge is 0.151 e. The number of hydrogen-bond acceptors (Lipinski definition) is 5. The lowest BCUT2D eigenvalue weighted by atomic mass is 10.1. The number of aryl methyl sites for hydroxylation is 1. The monoisotopic (exact) mass is 312 g/mol. The highest BCUT2D eigenvalue weighted by atomic mass is 16.5. The molecule has 0 atom stereocenters. The van der Waals surface area contributed by atoms with Gasteiger partial charge in [-0.05, 0) is 24.1 Å². The largest absolute Gasteiger partial charge is 0.379 e. The van der Waals surface area contributed by atoms with E-state index in [1.807, 2.05) is 6.07 Å². The Kier molecular flexibility index (Phi) is 5.56. The minimum atomic E-state index is 0.822. The van der Waals surface area contributed by atoms with E-state index >= 15 is 0 Å². The summed E-state index contributed by atoms with van der Waals surface area (Å²) in [5, 5.41) is 12.1. The fraction of sp³-hybridized carbons (Fsp3) is 0.444. The van der Waals surface area contributed by atoms with E-state index in [1.54, 1.807) is 0 Å². The van der Waals surface area contributed by atoms with Crippen molar-refractivity contribution < 1.29 is 4.74 Å². The molecule has 23 heavy (non-hydrogen) atoms. The molecule has 2 aromatic rings. The van der Waals surface area contributed by atoms with Crippen molar-refractivity contribution in [2.45, 2.75) is 13.3 Å². The molecule has 0 radical (unpaired) electrons. The van der Waals surface area contributed by atoms with E-state index in [2.05, 4.69) is 57.7 Å². The lowest BCUT2D eigenvalue weighted by Gasteiger charge is -2.26. The van der Waals surface area contributed by atoms with E-state index in [9.17, 15) is 0 Å². The highest BCUT2D eigenvalue weighted by Crippen LogP contribution is 2.13. The molecule has 0 bridgehead atoms. The first-order valence-electron chi connectivity index (χ1n) is 8.22. The molecule has 1 N–H and O–H groups in total. The van der Waals surface area contributed by atoms with Gasteiger partial charge in [-0.25, -0.2) is 0 Å². The van der Waals surface area contributed by atoms with Crippen LogP contribution in [0.4, 0.5) is 5.82 Å². The lowest BCUT2D eigenvalue weighted by Crippen LogP contribution is -2.39. The van der Waals surface area contributed by atoms with Crippen molar-refractivity contribution >= 4 is 5.82 Å². The Labute approximate surface area is 137 Å². The van der Waals surface area contributed by atoms with Crippen LogP contribution in [-0.2, 0) is 11.2 Å². The number of ether oxygens (including phenoxy) is 1. The number of nitrogens with one attached hydrogen (secondary N) is 1. The zero-order chi connectivity index (χ0) is 15.9. The maximum Gasteiger partial charge on any atom is 0.151 e. The molecule has 0 amide bonds. The molecule has 1 saturated heterocycles. The summed E-state index contributed by atoms with van der Waals surface area (Å²) in [7, 11) is 0. The van der Waals surface area contributed by atoms with Gasteiger partial charge in [0, 0.05) is 32.6 Å². The van der Waals surface area contributed by atoms with Gasteiger partial charge in [0.25, 0.3) is 0 Å². The molecule has 1 aromatic carbocycles. The van der Waals surface area contributed by atoms with Gasteiger partial charge in [-0.1, -0.05) is 30.3 Å². The summed E-state index contributed by atoms with van der Waals surface area (Å²) in [5.74, 6) is 0.884. The minimum absolute atomic E-state index is 0.822. The Morgan fingerprint density at radius 2 is 1.91 bits per heavy atom. The molecule has 1 fully saturated rings. The van der Waals surface area contributed by atoms with Crippen molar-refractivity contribution in [3.63, 3.8) is 0 Å². The van der Waals surface area contributed by atoms with Crippen LogP contribution in [0.1, 0.15) is 16.8 Å². The lowest BCUT2D eigenvalue weighted by molar-refractivity contribution is 0.0398. The van der Waals surface area contributed by atoms with Gasteiger partial charge in [-0.2, -0.15) is 5.10 Å². The van der Waals surface area contributed by atoms with E-state index in [-0.39, 0.29) is 0 Å². The van der Waals surface area contributed by atoms with Gasteiger partial charge in [0.15, 0.2) is 5.82 Å². The second-order valence-corrected chi connectivity index (χ2v) is 5.91. The quantitative estimate of drug-likeness (QED) is 0.885. The predicted octanol–water partition coefficient (Wildman–Crippen LogP) is 2.12. The highest BCUT2D eigenvalue weighted by molar-refractivity contribution is 5.43. The summed E-state index contributed by atoms with van der Waals surface area (Å²) in [6, 6.07) is 12.5. The van der Waals surface area contributed by atoms with Crippen molar-refractivity contribution in [2.24, 2.45) is 0 Å². The van der Waals surface area contributed by atoms with E-state index in [0.29, 0.717) is 0 Å². The van der Waals surface area contributed by atoms with Crippen molar-refractivity contribution in [1.82, 2.24) is 15.1 Å². The van der Waals surface area contributed by atoms with Gasteiger partial charge < -0.3 is 10.1 Å². The first-order valence-corrected chi connectivity index (χ1v) is 8.22. The summed E-state index contributed by atoms with van der Waals surface area (Å²) in [5.41, 5.74) is 3.41. The van der Waals surface area contributed by atoms with Gasteiger partial charge in [0.2, 0.25) is 0 Å². The van der Waals surface area contributed by atoms with E-state index in [0.717, 1.165) is 62.9 Å². The topological polar surface area (TPSA) is 50.3 Å². The van der Waals surface area contributed by atoms with Gasteiger partial charge >= 0.3 is 0 Å². The maximum absolute atomic E-state index is 5.36. The maximum atomic E-state index is 5.36. The summed E-state index contributed by atoms with van der Waals surface area (Å²) in [6.45, 7) is 7.69. The first kappa shape index (κ1) is 15.9. The van der Waals surface area contributed by atoms with E-state index < -0.39 is 0 Å². The average Bonchev–Trinajstić information content (AvgIpc) is 2.59. The highest BCUT2D eigenvalue weighted by Gasteiger charge is 2.10. The van der Waals surface area contributed by atoms with Crippen molar-refractivity contribution in [2.75, 3.05) is 44.7 Å². The molecule has 122 valence electrons. The Morgan fingerprint density at radius 3 is 2.65 bits per heavy atom. The van der Waals surface area contributed by atoms with Gasteiger partial charge in [-0.15, -0.1) is 5.10 Å². The molecule has 1 aromatic heterocycles. The third kappa shape index (κ3) is 4.74. The molecule has 0 aliphatic carbocycles. The van der Waals surface area contributed by atoms with Crippen LogP contribution < -0.4 is 5.32 Å². The molecule has 1 aliphatic heterocycles. The molecule has 0 saturated carbocycles. The summed E-state index contributed by atoms with van der Waals surface area (Å²) in [4.78, 5) is 2.41. The summed E-state index contributed by atoms with van der Waals surface area (Å²) < 4.78 is 5.36. The van der Waals surface area contributed by atoms with Crippen molar-refractivity contribution in [3.8, 4) is 0 Å². The summed E-state index contributed by atoms with van der Waals surface area (Å²) in [6.07, 6.45) is 0.822. The molecule has 0 spiro atoms. The van der Waals surface area contributed by atoms with Crippen LogP contribution >= 0.6 is 0 Å². The normalized spacial score (nSPS) is 15.5. The zero-order valence-electron chi connectivity index (χ0n) is 13.7. The molecule has 2 heterocycles. The van der Waals surface area contributed by atoms with Crippen LogP contribution in [0.25, 0.3) is 0 Å². The Balaban J connectivity index is 1.52. The van der Waals surface area contributed by atoms with Gasteiger partial charge in [0.05, 0.1) is 18.9 Å². The second kappa shape index (κ2) is 8.04. The molecule has 5 heteroatoms. The third-order valence-corrected chi connectivity index (χ3v) is 4.09. The molecular weight excluding hydrogens is 288 g/mol. The molecule has 3 rings (SSSR count). The number of hydrogen-bond donors (Lipinski definition) is 1.